The number of nitrogens with two attached hydrogens (primary N) is 1. The molecule has 0 saturated carbocycles. The maximum Gasteiger partial charge on any atom is 0.0512 e. The Labute approximate surface area is 104 Å². The van der Waals surface area contributed by atoms with Crippen LogP contribution in [0.1, 0.15) is 19.8 Å². The van der Waals surface area contributed by atoms with E-state index in [1.165, 1.54) is 12.1 Å². The highest BCUT2D eigenvalue weighted by Gasteiger charge is 2.19. The number of anilines is 2. The zero-order chi connectivity index (χ0) is 12.1. The van der Waals surface area contributed by atoms with Gasteiger partial charge in [-0.1, -0.05) is 6.92 Å². The monoisotopic (exact) mass is 234 g/mol. The number of benzene rings is 1. The standard InChI is InChI=1S/C14H22N2O/c1-2-8-16(10-12-7-9-17-11-12)14-5-3-13(15)4-6-14/h3-6,12H,2,7-11,15H2,1H3. The molecule has 0 bridgehead atoms. The molecule has 3 heteroatoms. The molecule has 1 unspecified atom stereocenters. The summed E-state index contributed by atoms with van der Waals surface area (Å²) in [7, 11) is 0. The smallest absolute Gasteiger partial charge is 0.0512 e. The van der Waals surface area contributed by atoms with Gasteiger partial charge in [-0.25, -0.2) is 0 Å². The van der Waals surface area contributed by atoms with Crippen molar-refractivity contribution in [1.29, 1.82) is 0 Å². The SMILES string of the molecule is CCCN(CC1CCOC1)c1ccc(N)cc1. The summed E-state index contributed by atoms with van der Waals surface area (Å²) < 4.78 is 5.44. The van der Waals surface area contributed by atoms with Gasteiger partial charge in [0.25, 0.3) is 0 Å². The molecule has 17 heavy (non-hydrogen) atoms. The van der Waals surface area contributed by atoms with Gasteiger partial charge in [-0.15, -0.1) is 0 Å². The summed E-state index contributed by atoms with van der Waals surface area (Å²) >= 11 is 0. The van der Waals surface area contributed by atoms with Crippen molar-refractivity contribution in [2.45, 2.75) is 19.8 Å². The Kier molecular flexibility index (Phi) is 4.26. The molecule has 2 rings (SSSR count). The number of rotatable bonds is 5. The van der Waals surface area contributed by atoms with Crippen LogP contribution >= 0.6 is 0 Å². The van der Waals surface area contributed by atoms with E-state index in [4.69, 9.17) is 10.5 Å². The minimum Gasteiger partial charge on any atom is -0.399 e. The molecule has 1 aromatic carbocycles. The number of hydrogen-bond acceptors (Lipinski definition) is 3. The Morgan fingerprint density at radius 3 is 2.71 bits per heavy atom. The van der Waals surface area contributed by atoms with Crippen LogP contribution in [0.5, 0.6) is 0 Å². The van der Waals surface area contributed by atoms with Gasteiger partial charge in [-0.05, 0) is 37.1 Å². The number of hydrogen-bond donors (Lipinski definition) is 1. The van der Waals surface area contributed by atoms with Gasteiger partial charge in [0.05, 0.1) is 6.61 Å². The van der Waals surface area contributed by atoms with Crippen molar-refractivity contribution in [2.24, 2.45) is 5.92 Å². The van der Waals surface area contributed by atoms with E-state index in [0.29, 0.717) is 5.92 Å². The lowest BCUT2D eigenvalue weighted by atomic mass is 10.1. The Balaban J connectivity index is 2.02. The van der Waals surface area contributed by atoms with Gasteiger partial charge in [0.1, 0.15) is 0 Å². The molecule has 94 valence electrons. The van der Waals surface area contributed by atoms with Crippen molar-refractivity contribution in [1.82, 2.24) is 0 Å². The summed E-state index contributed by atoms with van der Waals surface area (Å²) in [5.41, 5.74) is 7.83. The van der Waals surface area contributed by atoms with Gasteiger partial charge in [0.15, 0.2) is 0 Å². The first-order valence-corrected chi connectivity index (χ1v) is 6.48. The number of ether oxygens (including phenoxy) is 1. The van der Waals surface area contributed by atoms with Crippen molar-refractivity contribution >= 4 is 11.4 Å². The first-order chi connectivity index (χ1) is 8.29. The fourth-order valence-corrected chi connectivity index (χ4v) is 2.32. The second-order valence-corrected chi connectivity index (χ2v) is 4.77. The van der Waals surface area contributed by atoms with Crippen molar-refractivity contribution < 1.29 is 4.74 Å². The molecule has 0 aliphatic carbocycles. The van der Waals surface area contributed by atoms with Crippen LogP contribution < -0.4 is 10.6 Å². The fraction of sp³-hybridized carbons (Fsp3) is 0.571. The summed E-state index contributed by atoms with van der Waals surface area (Å²) in [6, 6.07) is 8.17. The number of nitrogen functional groups attached to an aromatic ring is 1. The van der Waals surface area contributed by atoms with Gasteiger partial charge < -0.3 is 15.4 Å². The molecule has 1 heterocycles. The van der Waals surface area contributed by atoms with Gasteiger partial charge >= 0.3 is 0 Å². The summed E-state index contributed by atoms with van der Waals surface area (Å²) in [5.74, 6) is 0.680. The van der Waals surface area contributed by atoms with Crippen molar-refractivity contribution in [3.05, 3.63) is 24.3 Å². The molecule has 0 aromatic heterocycles. The minimum absolute atomic E-state index is 0.680. The third kappa shape index (κ3) is 3.37. The van der Waals surface area contributed by atoms with E-state index in [0.717, 1.165) is 38.4 Å². The van der Waals surface area contributed by atoms with E-state index in [2.05, 4.69) is 24.0 Å². The quantitative estimate of drug-likeness (QED) is 0.796. The third-order valence-corrected chi connectivity index (χ3v) is 3.25. The van der Waals surface area contributed by atoms with Crippen LogP contribution in [0.4, 0.5) is 11.4 Å². The largest absolute Gasteiger partial charge is 0.399 e. The van der Waals surface area contributed by atoms with Crippen LogP contribution in [-0.2, 0) is 4.74 Å². The molecule has 2 N–H and O–H groups in total. The Morgan fingerprint density at radius 2 is 2.12 bits per heavy atom. The molecule has 0 spiro atoms. The Hall–Kier alpha value is -1.22. The van der Waals surface area contributed by atoms with Crippen molar-refractivity contribution in [3.8, 4) is 0 Å². The second-order valence-electron chi connectivity index (χ2n) is 4.77. The lowest BCUT2D eigenvalue weighted by molar-refractivity contribution is 0.186. The minimum atomic E-state index is 0.680. The first-order valence-electron chi connectivity index (χ1n) is 6.48. The molecule has 0 radical (unpaired) electrons. The van der Waals surface area contributed by atoms with Crippen LogP contribution in [0, 0.1) is 5.92 Å². The van der Waals surface area contributed by atoms with Crippen LogP contribution in [0.2, 0.25) is 0 Å². The molecular formula is C14H22N2O. The molecule has 1 fully saturated rings. The Morgan fingerprint density at radius 1 is 1.35 bits per heavy atom. The predicted octanol–water partition coefficient (Wildman–Crippen LogP) is 2.52. The molecule has 1 aromatic rings. The van der Waals surface area contributed by atoms with Gasteiger partial charge in [0, 0.05) is 37.0 Å². The van der Waals surface area contributed by atoms with Crippen LogP contribution in [0.25, 0.3) is 0 Å². The normalized spacial score (nSPS) is 19.5. The topological polar surface area (TPSA) is 38.5 Å². The van der Waals surface area contributed by atoms with E-state index < -0.39 is 0 Å². The van der Waals surface area contributed by atoms with E-state index in [1.807, 2.05) is 12.1 Å². The highest BCUT2D eigenvalue weighted by Crippen LogP contribution is 2.21. The summed E-state index contributed by atoms with van der Waals surface area (Å²) in [4.78, 5) is 2.44. The average molecular weight is 234 g/mol. The van der Waals surface area contributed by atoms with E-state index >= 15 is 0 Å². The zero-order valence-electron chi connectivity index (χ0n) is 10.6. The summed E-state index contributed by atoms with van der Waals surface area (Å²) in [5, 5.41) is 0. The summed E-state index contributed by atoms with van der Waals surface area (Å²) in [6.45, 7) is 6.25. The van der Waals surface area contributed by atoms with Crippen LogP contribution in [0.15, 0.2) is 24.3 Å². The van der Waals surface area contributed by atoms with E-state index in [9.17, 15) is 0 Å². The molecular weight excluding hydrogens is 212 g/mol. The maximum atomic E-state index is 5.73. The fourth-order valence-electron chi connectivity index (χ4n) is 2.32. The second kappa shape index (κ2) is 5.92. The number of nitrogens with zero attached hydrogens (tertiary/aromatic N) is 1. The lowest BCUT2D eigenvalue weighted by Gasteiger charge is -2.27. The molecule has 3 nitrogen and oxygen atoms in total. The molecule has 1 aliphatic heterocycles. The lowest BCUT2D eigenvalue weighted by Crippen LogP contribution is -2.30. The molecule has 1 saturated heterocycles. The molecule has 1 atom stereocenters. The molecule has 1 aliphatic rings. The van der Waals surface area contributed by atoms with Gasteiger partial charge in [-0.3, -0.25) is 0 Å². The predicted molar refractivity (Wildman–Crippen MR) is 72.3 cm³/mol. The van der Waals surface area contributed by atoms with Crippen LogP contribution in [-0.4, -0.2) is 26.3 Å². The molecule has 0 amide bonds. The van der Waals surface area contributed by atoms with E-state index in [1.54, 1.807) is 0 Å². The van der Waals surface area contributed by atoms with Crippen LogP contribution in [0.3, 0.4) is 0 Å². The first kappa shape index (κ1) is 12.2. The third-order valence-electron chi connectivity index (χ3n) is 3.25. The van der Waals surface area contributed by atoms with Gasteiger partial charge in [0.2, 0.25) is 0 Å². The van der Waals surface area contributed by atoms with Crippen molar-refractivity contribution in [2.75, 3.05) is 36.9 Å². The zero-order valence-corrected chi connectivity index (χ0v) is 10.6. The Bertz CT molecular complexity index is 331. The van der Waals surface area contributed by atoms with Gasteiger partial charge in [-0.2, -0.15) is 0 Å². The average Bonchev–Trinajstić information content (AvgIpc) is 2.82. The highest BCUT2D eigenvalue weighted by atomic mass is 16.5. The van der Waals surface area contributed by atoms with Crippen molar-refractivity contribution in [3.63, 3.8) is 0 Å². The highest BCUT2D eigenvalue weighted by molar-refractivity contribution is 5.53. The van der Waals surface area contributed by atoms with E-state index in [-0.39, 0.29) is 0 Å². The summed E-state index contributed by atoms with van der Waals surface area (Å²) in [6.07, 6.45) is 2.35. The maximum absolute atomic E-state index is 5.73.